The minimum atomic E-state index is -1.80. The van der Waals surface area contributed by atoms with E-state index in [1.54, 1.807) is 41.0 Å². The van der Waals surface area contributed by atoms with Crippen LogP contribution in [0.5, 0.6) is 5.75 Å². The van der Waals surface area contributed by atoms with Gasteiger partial charge in [-0.2, -0.15) is 14.4 Å². The molecule has 3 saturated carbocycles. The quantitative estimate of drug-likeness (QED) is 0.116. The van der Waals surface area contributed by atoms with Gasteiger partial charge >= 0.3 is 5.69 Å². The number of phenols is 1. The van der Waals surface area contributed by atoms with Crippen molar-refractivity contribution in [1.82, 2.24) is 54.3 Å². The van der Waals surface area contributed by atoms with Crippen molar-refractivity contribution in [1.29, 1.82) is 0 Å². The van der Waals surface area contributed by atoms with Gasteiger partial charge in [0.05, 0.1) is 16.6 Å². The standard InChI is InChI=1S/C45H47F3N12O6/c1-56-32-21-26(4-5-30(32)60(43(56)65)31-6-7-34(61)53-39(31)64)3-2-15-57-17-19-58(20-18-57)42-51-29(23-33(52-42)59-16-14-49-25-59)40-54-41(55-66-40)45-11-8-44(9-12-45,10-13-45)24-50-38(63)27-22-28(46)37(62)36(48)35(27)47/h4-5,14,16,21-23,25,31,62H,2-3,6-13,15,17-20,24H2,1H3,(H,50,63)(H,53,61,64)/t31?,44-,45+. The Morgan fingerprint density at radius 3 is 2.45 bits per heavy atom. The molecular formula is C45H47F3N12O6. The molecule has 4 aromatic heterocycles. The van der Waals surface area contributed by atoms with Crippen molar-refractivity contribution in [3.63, 3.8) is 0 Å². The summed E-state index contributed by atoms with van der Waals surface area (Å²) in [5, 5.41) is 18.8. The molecule has 18 nitrogen and oxygen atoms in total. The van der Waals surface area contributed by atoms with Crippen molar-refractivity contribution in [3.05, 3.63) is 93.9 Å². The number of imidazole rings is 2. The molecule has 344 valence electrons. The molecule has 21 heteroatoms. The van der Waals surface area contributed by atoms with Crippen LogP contribution in [0.2, 0.25) is 0 Å². The number of hydrogen-bond donors (Lipinski definition) is 3. The van der Waals surface area contributed by atoms with Crippen molar-refractivity contribution >= 4 is 34.7 Å². The van der Waals surface area contributed by atoms with Gasteiger partial charge in [0.1, 0.15) is 23.9 Å². The molecule has 66 heavy (non-hydrogen) atoms. The molecular weight excluding hydrogens is 862 g/mol. The predicted octanol–water partition coefficient (Wildman–Crippen LogP) is 4.24. The van der Waals surface area contributed by atoms with Crippen molar-refractivity contribution < 1.29 is 37.2 Å². The Morgan fingerprint density at radius 2 is 1.73 bits per heavy atom. The third-order valence-electron chi connectivity index (χ3n) is 14.3. The van der Waals surface area contributed by atoms with Crippen LogP contribution in [0.1, 0.15) is 85.6 Å². The normalized spacial score (nSPS) is 22.3. The monoisotopic (exact) mass is 908 g/mol. The fourth-order valence-corrected chi connectivity index (χ4v) is 10.2. The highest BCUT2D eigenvalue weighted by Crippen LogP contribution is 2.57. The molecule has 2 bridgehead atoms. The van der Waals surface area contributed by atoms with Gasteiger partial charge in [0.25, 0.3) is 11.8 Å². The number of halogens is 3. The molecule has 1 unspecified atom stereocenters. The number of hydrogen-bond acceptors (Lipinski definition) is 13. The van der Waals surface area contributed by atoms with E-state index in [9.17, 15) is 37.5 Å². The molecule has 3 amide bonds. The number of piperidine rings is 1. The number of aromatic hydroxyl groups is 1. The number of carbonyl (C=O) groups is 3. The average Bonchev–Trinajstić information content (AvgIpc) is 4.12. The van der Waals surface area contributed by atoms with E-state index in [4.69, 9.17) is 19.5 Å². The summed E-state index contributed by atoms with van der Waals surface area (Å²) in [4.78, 5) is 73.8. The first-order chi connectivity index (χ1) is 31.8. The lowest BCUT2D eigenvalue weighted by atomic mass is 9.53. The third-order valence-corrected chi connectivity index (χ3v) is 14.3. The maximum atomic E-state index is 14.4. The van der Waals surface area contributed by atoms with E-state index in [0.717, 1.165) is 62.8 Å². The Balaban J connectivity index is 0.770. The van der Waals surface area contributed by atoms with Gasteiger partial charge in [0.15, 0.2) is 23.2 Å². The predicted molar refractivity (Wildman–Crippen MR) is 230 cm³/mol. The molecule has 5 aliphatic rings. The van der Waals surface area contributed by atoms with Gasteiger partial charge < -0.3 is 19.8 Å². The summed E-state index contributed by atoms with van der Waals surface area (Å²) in [5.74, 6) is -6.05. The SMILES string of the molecule is Cn1c(=O)n(C2CCC(=O)NC2=O)c2ccc(CCCN3CCN(c4nc(-c5nc([C@]67CC[C@](CNC(=O)c8cc(F)c(O)c(F)c8F)(CC6)CC7)no5)cc(-n5ccnc5)n4)CC3)cc21. The van der Waals surface area contributed by atoms with Gasteiger partial charge in [-0.1, -0.05) is 11.2 Å². The summed E-state index contributed by atoms with van der Waals surface area (Å²) in [6.45, 7) is 4.03. The number of imide groups is 1. The Labute approximate surface area is 374 Å². The number of rotatable bonds is 12. The second kappa shape index (κ2) is 16.8. The fourth-order valence-electron chi connectivity index (χ4n) is 10.2. The number of piperazine rings is 1. The number of benzene rings is 2. The van der Waals surface area contributed by atoms with Crippen molar-refractivity contribution in [2.45, 2.75) is 75.7 Å². The van der Waals surface area contributed by atoms with Gasteiger partial charge in [-0.3, -0.25) is 38.3 Å². The summed E-state index contributed by atoms with van der Waals surface area (Å²) in [6, 6.07) is 7.46. The number of carbonyl (C=O) groups excluding carboxylic acids is 3. The molecule has 6 heterocycles. The lowest BCUT2D eigenvalue weighted by Crippen LogP contribution is -2.49. The first-order valence-corrected chi connectivity index (χ1v) is 22.2. The molecule has 0 radical (unpaired) electrons. The van der Waals surface area contributed by atoms with E-state index in [-0.39, 0.29) is 47.7 Å². The lowest BCUT2D eigenvalue weighted by Gasteiger charge is -2.52. The number of nitrogens with one attached hydrogen (secondary N) is 2. The highest BCUT2D eigenvalue weighted by molar-refractivity contribution is 6.00. The fraction of sp³-hybridized carbons (Fsp3) is 0.444. The second-order valence-corrected chi connectivity index (χ2v) is 18.1. The molecule has 3 aliphatic carbocycles. The third kappa shape index (κ3) is 7.77. The Hall–Kier alpha value is -6.90. The van der Waals surface area contributed by atoms with Gasteiger partial charge in [0.2, 0.25) is 23.6 Å². The number of aryl methyl sites for hydroxylation is 2. The highest BCUT2D eigenvalue weighted by Gasteiger charge is 2.52. The maximum Gasteiger partial charge on any atom is 0.329 e. The minimum absolute atomic E-state index is 0.188. The van der Waals surface area contributed by atoms with Gasteiger partial charge in [-0.15, -0.1) is 0 Å². The largest absolute Gasteiger partial charge is 0.503 e. The van der Waals surface area contributed by atoms with Crippen LogP contribution in [-0.2, 0) is 28.5 Å². The van der Waals surface area contributed by atoms with E-state index in [2.05, 4.69) is 30.6 Å². The Bertz CT molecular complexity index is 2920. The zero-order valence-electron chi connectivity index (χ0n) is 36.1. The van der Waals surface area contributed by atoms with Gasteiger partial charge in [-0.25, -0.2) is 23.5 Å². The van der Waals surface area contributed by atoms with E-state index in [0.29, 0.717) is 67.2 Å². The Kier molecular flexibility index (Phi) is 11.0. The van der Waals surface area contributed by atoms with Crippen molar-refractivity contribution in [2.24, 2.45) is 12.5 Å². The van der Waals surface area contributed by atoms with Gasteiger partial charge in [-0.05, 0) is 93.5 Å². The van der Waals surface area contributed by atoms with Crippen molar-refractivity contribution in [3.8, 4) is 23.2 Å². The number of amides is 3. The van der Waals surface area contributed by atoms with Gasteiger partial charge in [0, 0.05) is 70.1 Å². The van der Waals surface area contributed by atoms with Crippen LogP contribution < -0.4 is 21.2 Å². The number of aromatic nitrogens is 8. The minimum Gasteiger partial charge on any atom is -0.503 e. The summed E-state index contributed by atoms with van der Waals surface area (Å²) in [7, 11) is 1.70. The molecule has 0 spiro atoms. The summed E-state index contributed by atoms with van der Waals surface area (Å²) in [5.41, 5.74) is 1.25. The van der Waals surface area contributed by atoms with E-state index < -0.39 is 46.6 Å². The molecule has 2 aliphatic heterocycles. The van der Waals surface area contributed by atoms with E-state index in [1.165, 1.54) is 4.57 Å². The first kappa shape index (κ1) is 43.0. The smallest absolute Gasteiger partial charge is 0.329 e. The molecule has 2 saturated heterocycles. The molecule has 11 rings (SSSR count). The zero-order valence-corrected chi connectivity index (χ0v) is 36.1. The number of fused-ring (bicyclic) bond motifs is 4. The summed E-state index contributed by atoms with van der Waals surface area (Å²) >= 11 is 0. The van der Waals surface area contributed by atoms with Crippen LogP contribution >= 0.6 is 0 Å². The van der Waals surface area contributed by atoms with Crippen LogP contribution in [0.3, 0.4) is 0 Å². The second-order valence-electron chi connectivity index (χ2n) is 18.1. The van der Waals surface area contributed by atoms with Crippen LogP contribution in [-0.4, -0.2) is 106 Å². The molecule has 6 aromatic rings. The number of nitrogens with zero attached hydrogens (tertiary/aromatic N) is 10. The lowest BCUT2D eigenvalue weighted by molar-refractivity contribution is -0.135. The number of phenolic OH excluding ortho intramolecular Hbond substituents is 1. The van der Waals surface area contributed by atoms with Crippen LogP contribution in [0.4, 0.5) is 19.1 Å². The topological polar surface area (TPSA) is 211 Å². The first-order valence-electron chi connectivity index (χ1n) is 22.2. The summed E-state index contributed by atoms with van der Waals surface area (Å²) in [6.07, 6.45) is 11.6. The van der Waals surface area contributed by atoms with Crippen LogP contribution in [0.15, 0.2) is 58.4 Å². The molecule has 3 N–H and O–H groups in total. The maximum absolute atomic E-state index is 14.4. The van der Waals surface area contributed by atoms with Crippen molar-refractivity contribution in [2.75, 3.05) is 44.2 Å². The molecule has 5 fully saturated rings. The van der Waals surface area contributed by atoms with E-state index in [1.807, 2.05) is 18.2 Å². The number of anilines is 1. The molecule has 1 atom stereocenters. The summed E-state index contributed by atoms with van der Waals surface area (Å²) < 4.78 is 53.0. The van der Waals surface area contributed by atoms with Crippen LogP contribution in [0, 0.1) is 22.9 Å². The average molecular weight is 909 g/mol. The zero-order chi connectivity index (χ0) is 45.9. The van der Waals surface area contributed by atoms with Crippen LogP contribution in [0.25, 0.3) is 28.4 Å². The molecule has 2 aromatic carbocycles. The Morgan fingerprint density at radius 1 is 0.955 bits per heavy atom. The van der Waals surface area contributed by atoms with E-state index >= 15 is 0 Å². The highest BCUT2D eigenvalue weighted by atomic mass is 19.2.